The van der Waals surface area contributed by atoms with E-state index in [1.165, 1.54) is 33.5 Å². The minimum absolute atomic E-state index is 0.0738. The van der Waals surface area contributed by atoms with Crippen LogP contribution >= 0.6 is 0 Å². The molecule has 1 aromatic heterocycles. The van der Waals surface area contributed by atoms with Gasteiger partial charge in [-0.1, -0.05) is 0 Å². The van der Waals surface area contributed by atoms with Crippen LogP contribution in [0.5, 0.6) is 17.2 Å². The van der Waals surface area contributed by atoms with Crippen LogP contribution in [0.3, 0.4) is 0 Å². The highest BCUT2D eigenvalue weighted by atomic mass is 32.2. The molecule has 2 aromatic carbocycles. The van der Waals surface area contributed by atoms with Gasteiger partial charge in [0.2, 0.25) is 5.75 Å². The Hall–Kier alpha value is -3.40. The normalized spacial score (nSPS) is 11.3. The van der Waals surface area contributed by atoms with Crippen LogP contribution in [0.2, 0.25) is 0 Å². The SMILES string of the molecule is COc1cc(S(=O)(=O)Nc2ccc3c(c2)c(C(N)=O)cn3C)cc(OC)c1OC. The maximum atomic E-state index is 12.9. The van der Waals surface area contributed by atoms with E-state index in [-0.39, 0.29) is 27.8 Å². The van der Waals surface area contributed by atoms with Crippen LogP contribution in [0.4, 0.5) is 5.69 Å². The first-order chi connectivity index (χ1) is 13.7. The number of hydrogen-bond acceptors (Lipinski definition) is 6. The van der Waals surface area contributed by atoms with Gasteiger partial charge < -0.3 is 24.5 Å². The minimum atomic E-state index is -3.99. The molecule has 154 valence electrons. The van der Waals surface area contributed by atoms with Crippen LogP contribution in [0.25, 0.3) is 10.9 Å². The predicted octanol–water partition coefficient (Wildman–Crippen LogP) is 2.10. The number of carbonyl (C=O) groups is 1. The van der Waals surface area contributed by atoms with Crippen molar-refractivity contribution in [3.05, 3.63) is 42.1 Å². The van der Waals surface area contributed by atoms with E-state index in [4.69, 9.17) is 19.9 Å². The zero-order valence-corrected chi connectivity index (χ0v) is 17.2. The fourth-order valence-electron chi connectivity index (χ4n) is 3.08. The summed E-state index contributed by atoms with van der Waals surface area (Å²) in [4.78, 5) is 11.6. The Bertz CT molecular complexity index is 1180. The topological polar surface area (TPSA) is 122 Å². The van der Waals surface area contributed by atoms with Crippen LogP contribution in [0.15, 0.2) is 41.4 Å². The molecule has 0 bridgehead atoms. The van der Waals surface area contributed by atoms with Gasteiger partial charge in [-0.25, -0.2) is 8.42 Å². The zero-order chi connectivity index (χ0) is 21.3. The van der Waals surface area contributed by atoms with Gasteiger partial charge in [0, 0.05) is 42.0 Å². The Morgan fingerprint density at radius 3 is 2.17 bits per heavy atom. The molecule has 0 radical (unpaired) electrons. The Morgan fingerprint density at radius 1 is 1.03 bits per heavy atom. The molecule has 3 N–H and O–H groups in total. The molecular formula is C19H21N3O6S. The van der Waals surface area contributed by atoms with Gasteiger partial charge in [0.1, 0.15) is 0 Å². The molecular weight excluding hydrogens is 398 g/mol. The number of rotatable bonds is 7. The number of aromatic nitrogens is 1. The first-order valence-electron chi connectivity index (χ1n) is 8.43. The highest BCUT2D eigenvalue weighted by molar-refractivity contribution is 7.92. The second kappa shape index (κ2) is 7.55. The van der Waals surface area contributed by atoms with Gasteiger partial charge in [-0.15, -0.1) is 0 Å². The first kappa shape index (κ1) is 20.3. The van der Waals surface area contributed by atoms with Crippen molar-refractivity contribution in [2.24, 2.45) is 12.8 Å². The summed E-state index contributed by atoms with van der Waals surface area (Å²) in [5.74, 6) is 0.106. The van der Waals surface area contributed by atoms with Gasteiger partial charge in [0.05, 0.1) is 31.8 Å². The quantitative estimate of drug-likeness (QED) is 0.605. The average Bonchev–Trinajstić information content (AvgIpc) is 3.02. The number of primary amides is 1. The molecule has 0 spiro atoms. The lowest BCUT2D eigenvalue weighted by Gasteiger charge is -2.15. The van der Waals surface area contributed by atoms with E-state index in [0.717, 1.165) is 5.52 Å². The van der Waals surface area contributed by atoms with Crippen LogP contribution < -0.4 is 24.7 Å². The third kappa shape index (κ3) is 3.66. The van der Waals surface area contributed by atoms with Crippen molar-refractivity contribution in [2.45, 2.75) is 4.90 Å². The first-order valence-corrected chi connectivity index (χ1v) is 9.92. The van der Waals surface area contributed by atoms with Crippen molar-refractivity contribution in [1.82, 2.24) is 4.57 Å². The highest BCUT2D eigenvalue weighted by Crippen LogP contribution is 2.39. The van der Waals surface area contributed by atoms with E-state index in [2.05, 4.69) is 4.72 Å². The highest BCUT2D eigenvalue weighted by Gasteiger charge is 2.22. The Kier molecular flexibility index (Phi) is 5.29. The lowest BCUT2D eigenvalue weighted by atomic mass is 10.1. The molecule has 1 heterocycles. The predicted molar refractivity (Wildman–Crippen MR) is 108 cm³/mol. The molecule has 0 aliphatic rings. The molecule has 0 aliphatic heterocycles. The fourth-order valence-corrected chi connectivity index (χ4v) is 4.16. The fraction of sp³-hybridized carbons (Fsp3) is 0.211. The van der Waals surface area contributed by atoms with Gasteiger partial charge in [0.25, 0.3) is 15.9 Å². The average molecular weight is 419 g/mol. The number of sulfonamides is 1. The standard InChI is InChI=1S/C19H21N3O6S/c1-22-10-14(19(20)23)13-7-11(5-6-15(13)22)21-29(24,25)12-8-16(26-2)18(28-4)17(9-12)27-3/h5-10,21H,1-4H3,(H2,20,23). The minimum Gasteiger partial charge on any atom is -0.493 e. The van der Waals surface area contributed by atoms with E-state index < -0.39 is 15.9 Å². The number of hydrogen-bond donors (Lipinski definition) is 2. The number of fused-ring (bicyclic) bond motifs is 1. The van der Waals surface area contributed by atoms with Gasteiger partial charge >= 0.3 is 0 Å². The number of nitrogens with one attached hydrogen (secondary N) is 1. The molecule has 10 heteroatoms. The van der Waals surface area contributed by atoms with Gasteiger partial charge in [-0.05, 0) is 18.2 Å². The number of benzene rings is 2. The largest absolute Gasteiger partial charge is 0.493 e. The molecule has 29 heavy (non-hydrogen) atoms. The number of methoxy groups -OCH3 is 3. The molecule has 0 saturated carbocycles. The second-order valence-corrected chi connectivity index (χ2v) is 7.90. The lowest BCUT2D eigenvalue weighted by molar-refractivity contribution is 0.100. The second-order valence-electron chi connectivity index (χ2n) is 6.22. The maximum absolute atomic E-state index is 12.9. The summed E-state index contributed by atoms with van der Waals surface area (Å²) in [6.07, 6.45) is 1.60. The van der Waals surface area contributed by atoms with Crippen LogP contribution in [0.1, 0.15) is 10.4 Å². The number of carbonyl (C=O) groups excluding carboxylic acids is 1. The van der Waals surface area contributed by atoms with Crippen molar-refractivity contribution < 1.29 is 27.4 Å². The van der Waals surface area contributed by atoms with E-state index in [0.29, 0.717) is 10.9 Å². The summed E-state index contributed by atoms with van der Waals surface area (Å²) in [5, 5.41) is 0.546. The molecule has 3 aromatic rings. The number of amides is 1. The Labute approximate surface area is 168 Å². The molecule has 0 saturated heterocycles. The molecule has 0 aliphatic carbocycles. The summed E-state index contributed by atoms with van der Waals surface area (Å²) in [5.41, 5.74) is 6.75. The number of nitrogens with zero attached hydrogens (tertiary/aromatic N) is 1. The third-order valence-electron chi connectivity index (χ3n) is 4.46. The number of nitrogens with two attached hydrogens (primary N) is 1. The summed E-state index contributed by atoms with van der Waals surface area (Å²) < 4.78 is 45.8. The number of anilines is 1. The van der Waals surface area contributed by atoms with E-state index in [1.54, 1.807) is 36.0 Å². The molecule has 9 nitrogen and oxygen atoms in total. The summed E-state index contributed by atoms with van der Waals surface area (Å²) >= 11 is 0. The lowest BCUT2D eigenvalue weighted by Crippen LogP contribution is -2.14. The molecule has 0 unspecified atom stereocenters. The molecule has 0 atom stereocenters. The zero-order valence-electron chi connectivity index (χ0n) is 16.3. The summed E-state index contributed by atoms with van der Waals surface area (Å²) in [6.45, 7) is 0. The molecule has 0 fully saturated rings. The van der Waals surface area contributed by atoms with Gasteiger partial charge in [0.15, 0.2) is 11.5 Å². The molecule has 3 rings (SSSR count). The molecule has 1 amide bonds. The smallest absolute Gasteiger partial charge is 0.262 e. The van der Waals surface area contributed by atoms with Gasteiger partial charge in [-0.3, -0.25) is 9.52 Å². The van der Waals surface area contributed by atoms with E-state index in [1.807, 2.05) is 0 Å². The Balaban J connectivity index is 2.06. The number of ether oxygens (including phenoxy) is 3. The third-order valence-corrected chi connectivity index (χ3v) is 5.82. The van der Waals surface area contributed by atoms with Crippen molar-refractivity contribution in [3.8, 4) is 17.2 Å². The van der Waals surface area contributed by atoms with Crippen LogP contribution in [0, 0.1) is 0 Å². The Morgan fingerprint density at radius 2 is 1.66 bits per heavy atom. The van der Waals surface area contributed by atoms with Crippen molar-refractivity contribution in [2.75, 3.05) is 26.1 Å². The van der Waals surface area contributed by atoms with Crippen LogP contribution in [-0.4, -0.2) is 40.2 Å². The van der Waals surface area contributed by atoms with E-state index >= 15 is 0 Å². The van der Waals surface area contributed by atoms with E-state index in [9.17, 15) is 13.2 Å². The van der Waals surface area contributed by atoms with Crippen LogP contribution in [-0.2, 0) is 17.1 Å². The summed E-state index contributed by atoms with van der Waals surface area (Å²) in [6, 6.07) is 7.53. The van der Waals surface area contributed by atoms with Gasteiger partial charge in [-0.2, -0.15) is 0 Å². The van der Waals surface area contributed by atoms with Crippen molar-refractivity contribution in [3.63, 3.8) is 0 Å². The maximum Gasteiger partial charge on any atom is 0.262 e. The van der Waals surface area contributed by atoms with Crippen molar-refractivity contribution in [1.29, 1.82) is 0 Å². The monoisotopic (exact) mass is 419 g/mol. The summed E-state index contributed by atoms with van der Waals surface area (Å²) in [7, 11) is 2.01. The number of aryl methyl sites for hydroxylation is 1. The van der Waals surface area contributed by atoms with Crippen molar-refractivity contribution >= 4 is 32.5 Å².